The highest BCUT2D eigenvalue weighted by molar-refractivity contribution is 5.83. The summed E-state index contributed by atoms with van der Waals surface area (Å²) in [5.74, 6) is -0.533. The van der Waals surface area contributed by atoms with Gasteiger partial charge in [0.1, 0.15) is 23.8 Å². The molecule has 3 fully saturated rings. The molecule has 3 saturated heterocycles. The third-order valence-corrected chi connectivity index (χ3v) is 6.64. The van der Waals surface area contributed by atoms with Gasteiger partial charge < -0.3 is 33.9 Å². The molecule has 33 heavy (non-hydrogen) atoms. The van der Waals surface area contributed by atoms with E-state index >= 15 is 4.39 Å². The van der Waals surface area contributed by atoms with E-state index in [0.717, 1.165) is 48.8 Å². The molecule has 3 aromatic rings. The summed E-state index contributed by atoms with van der Waals surface area (Å²) in [6.07, 6.45) is -2.03. The van der Waals surface area contributed by atoms with Gasteiger partial charge in [0.25, 0.3) is 0 Å². The number of rotatable bonds is 4. The molecular formula is C24H26FN3O5. The van der Waals surface area contributed by atoms with Crippen molar-refractivity contribution < 1.29 is 28.4 Å². The monoisotopic (exact) mass is 455 g/mol. The van der Waals surface area contributed by atoms with Crippen LogP contribution in [0.1, 0.15) is 5.56 Å². The highest BCUT2D eigenvalue weighted by Crippen LogP contribution is 2.34. The molecule has 0 radical (unpaired) electrons. The summed E-state index contributed by atoms with van der Waals surface area (Å²) in [7, 11) is 0. The number of aromatic amines is 1. The maximum Gasteiger partial charge on any atom is 0.231 e. The summed E-state index contributed by atoms with van der Waals surface area (Å²) in [5, 5.41) is 9.91. The lowest BCUT2D eigenvalue weighted by Gasteiger charge is -2.28. The maximum absolute atomic E-state index is 15.3. The molecule has 3 aliphatic rings. The SMILES string of the molecule is Cc1cc2[nH]c(O[C@@H]3CO[C@H]4[C@@H]3OC[C@H]4O)c(F)c2nc1-c1ccc(N2CCOCC2)cc1. The smallest absolute Gasteiger partial charge is 0.231 e. The Bertz CT molecular complexity index is 1160. The number of anilines is 1. The van der Waals surface area contributed by atoms with Gasteiger partial charge in [0.2, 0.25) is 11.7 Å². The lowest BCUT2D eigenvalue weighted by molar-refractivity contribution is 0.00723. The molecular weight excluding hydrogens is 429 g/mol. The van der Waals surface area contributed by atoms with Crippen LogP contribution >= 0.6 is 0 Å². The van der Waals surface area contributed by atoms with Gasteiger partial charge in [-0.15, -0.1) is 0 Å². The molecule has 9 heteroatoms. The summed E-state index contributed by atoms with van der Waals surface area (Å²) in [5.41, 5.74) is 4.52. The van der Waals surface area contributed by atoms with Gasteiger partial charge >= 0.3 is 0 Å². The fourth-order valence-electron chi connectivity index (χ4n) is 4.88. The number of benzene rings is 1. The molecule has 8 nitrogen and oxygen atoms in total. The summed E-state index contributed by atoms with van der Waals surface area (Å²) < 4.78 is 37.7. The molecule has 0 aliphatic carbocycles. The molecule has 3 aliphatic heterocycles. The van der Waals surface area contributed by atoms with Gasteiger partial charge in [-0.05, 0) is 30.7 Å². The van der Waals surface area contributed by atoms with Crippen LogP contribution in [-0.4, -0.2) is 79.0 Å². The van der Waals surface area contributed by atoms with Crippen molar-refractivity contribution in [2.24, 2.45) is 0 Å². The lowest BCUT2D eigenvalue weighted by atomic mass is 10.1. The lowest BCUT2D eigenvalue weighted by Crippen LogP contribution is -2.36. The molecule has 1 aromatic carbocycles. The van der Waals surface area contributed by atoms with Gasteiger partial charge in [-0.2, -0.15) is 4.39 Å². The molecule has 174 valence electrons. The Labute approximate surface area is 190 Å². The average Bonchev–Trinajstić information content (AvgIpc) is 3.50. The van der Waals surface area contributed by atoms with Crippen LogP contribution in [0.3, 0.4) is 0 Å². The molecule has 5 heterocycles. The van der Waals surface area contributed by atoms with Crippen LogP contribution in [0.25, 0.3) is 22.3 Å². The number of aryl methyl sites for hydroxylation is 1. The van der Waals surface area contributed by atoms with Gasteiger partial charge in [-0.1, -0.05) is 12.1 Å². The van der Waals surface area contributed by atoms with Crippen molar-refractivity contribution in [1.82, 2.24) is 9.97 Å². The number of nitrogens with one attached hydrogen (secondary N) is 1. The highest BCUT2D eigenvalue weighted by Gasteiger charge is 2.48. The molecule has 0 bridgehead atoms. The predicted octanol–water partition coefficient (Wildman–Crippen LogP) is 2.42. The zero-order chi connectivity index (χ0) is 22.5. The minimum atomic E-state index is -0.683. The second-order valence-electron chi connectivity index (χ2n) is 8.78. The van der Waals surface area contributed by atoms with Gasteiger partial charge in [0.15, 0.2) is 6.10 Å². The van der Waals surface area contributed by atoms with Gasteiger partial charge in [-0.25, -0.2) is 4.98 Å². The fraction of sp³-hybridized carbons (Fsp3) is 0.458. The van der Waals surface area contributed by atoms with Crippen molar-refractivity contribution in [1.29, 1.82) is 0 Å². The first kappa shape index (κ1) is 20.9. The number of morpholine rings is 1. The molecule has 0 amide bonds. The minimum absolute atomic E-state index is 0.0101. The Balaban J connectivity index is 1.27. The van der Waals surface area contributed by atoms with Crippen LogP contribution in [0.4, 0.5) is 10.1 Å². The molecule has 4 atom stereocenters. The molecule has 2 aromatic heterocycles. The number of fused-ring (bicyclic) bond motifs is 2. The summed E-state index contributed by atoms with van der Waals surface area (Å²) in [4.78, 5) is 9.93. The van der Waals surface area contributed by atoms with E-state index in [-0.39, 0.29) is 24.6 Å². The standard InChI is InChI=1S/C24H26FN3O5/c1-13-10-16-21(19(25)24(26-16)33-18-12-32-22-17(29)11-31-23(18)22)27-20(13)14-2-4-15(5-3-14)28-6-8-30-9-7-28/h2-5,10,17-18,22-23,26,29H,6-9,11-12H2,1H3/t17-,18-,22-,23-/m1/s1. The van der Waals surface area contributed by atoms with Gasteiger partial charge in [0.05, 0.1) is 37.6 Å². The van der Waals surface area contributed by atoms with Crippen LogP contribution in [0.5, 0.6) is 5.88 Å². The number of halogens is 1. The van der Waals surface area contributed by atoms with Crippen molar-refractivity contribution in [3.8, 4) is 17.1 Å². The van der Waals surface area contributed by atoms with E-state index in [0.29, 0.717) is 5.52 Å². The second-order valence-corrected chi connectivity index (χ2v) is 8.78. The number of ether oxygens (including phenoxy) is 4. The van der Waals surface area contributed by atoms with E-state index in [1.54, 1.807) is 0 Å². The first-order valence-electron chi connectivity index (χ1n) is 11.3. The van der Waals surface area contributed by atoms with Gasteiger partial charge in [0, 0.05) is 24.3 Å². The largest absolute Gasteiger partial charge is 0.468 e. The van der Waals surface area contributed by atoms with E-state index in [4.69, 9.17) is 18.9 Å². The van der Waals surface area contributed by atoms with Crippen molar-refractivity contribution in [3.05, 3.63) is 41.7 Å². The quantitative estimate of drug-likeness (QED) is 0.625. The zero-order valence-corrected chi connectivity index (χ0v) is 18.3. The number of hydrogen-bond donors (Lipinski definition) is 2. The van der Waals surface area contributed by atoms with E-state index in [1.165, 1.54) is 0 Å². The van der Waals surface area contributed by atoms with E-state index in [9.17, 15) is 5.11 Å². The van der Waals surface area contributed by atoms with Crippen LogP contribution < -0.4 is 9.64 Å². The Morgan fingerprint density at radius 3 is 2.67 bits per heavy atom. The topological polar surface area (TPSA) is 89.1 Å². The highest BCUT2D eigenvalue weighted by atomic mass is 19.1. The van der Waals surface area contributed by atoms with Crippen molar-refractivity contribution in [3.63, 3.8) is 0 Å². The van der Waals surface area contributed by atoms with Crippen molar-refractivity contribution in [2.75, 3.05) is 44.4 Å². The first-order valence-corrected chi connectivity index (χ1v) is 11.3. The fourth-order valence-corrected chi connectivity index (χ4v) is 4.88. The number of H-pyrrole nitrogens is 1. The number of nitrogens with zero attached hydrogens (tertiary/aromatic N) is 2. The Hall–Kier alpha value is -2.72. The molecule has 0 spiro atoms. The number of aromatic nitrogens is 2. The van der Waals surface area contributed by atoms with Crippen molar-refractivity contribution >= 4 is 16.7 Å². The molecule has 2 N–H and O–H groups in total. The van der Waals surface area contributed by atoms with Crippen LogP contribution in [0, 0.1) is 12.7 Å². The van der Waals surface area contributed by atoms with Crippen LogP contribution in [0.2, 0.25) is 0 Å². The van der Waals surface area contributed by atoms with E-state index in [2.05, 4.69) is 27.0 Å². The van der Waals surface area contributed by atoms with Gasteiger partial charge in [-0.3, -0.25) is 0 Å². The number of aliphatic hydroxyl groups excluding tert-OH is 1. The van der Waals surface area contributed by atoms with E-state index in [1.807, 2.05) is 25.1 Å². The predicted molar refractivity (Wildman–Crippen MR) is 119 cm³/mol. The number of pyridine rings is 1. The Morgan fingerprint density at radius 2 is 1.88 bits per heavy atom. The molecule has 0 unspecified atom stereocenters. The minimum Gasteiger partial charge on any atom is -0.468 e. The Kier molecular flexibility index (Phi) is 5.21. The first-order chi connectivity index (χ1) is 16.1. The maximum atomic E-state index is 15.3. The third-order valence-electron chi connectivity index (χ3n) is 6.64. The average molecular weight is 455 g/mol. The van der Waals surface area contributed by atoms with Crippen LogP contribution in [0.15, 0.2) is 30.3 Å². The third kappa shape index (κ3) is 3.65. The summed E-state index contributed by atoms with van der Waals surface area (Å²) >= 11 is 0. The van der Waals surface area contributed by atoms with Crippen molar-refractivity contribution in [2.45, 2.75) is 31.3 Å². The van der Waals surface area contributed by atoms with E-state index < -0.39 is 30.2 Å². The number of aliphatic hydroxyl groups is 1. The van der Waals surface area contributed by atoms with Crippen LogP contribution in [-0.2, 0) is 14.2 Å². The summed E-state index contributed by atoms with van der Waals surface area (Å²) in [6.45, 7) is 5.59. The zero-order valence-electron chi connectivity index (χ0n) is 18.3. The normalized spacial score (nSPS) is 27.3. The molecule has 0 saturated carbocycles. The molecule has 6 rings (SSSR count). The Morgan fingerprint density at radius 1 is 1.12 bits per heavy atom. The summed E-state index contributed by atoms with van der Waals surface area (Å²) in [6, 6.07) is 10.1. The number of hydrogen-bond acceptors (Lipinski definition) is 7. The second kappa shape index (κ2) is 8.25.